The molecule has 0 saturated carbocycles. The van der Waals surface area contributed by atoms with E-state index in [2.05, 4.69) is 25.4 Å². The molecular formula is C8H9N7O3. The van der Waals surface area contributed by atoms with E-state index in [-0.39, 0.29) is 24.0 Å². The van der Waals surface area contributed by atoms with Crippen LogP contribution in [0.25, 0.3) is 0 Å². The molecule has 0 bridgehead atoms. The van der Waals surface area contributed by atoms with Gasteiger partial charge in [0.1, 0.15) is 6.20 Å². The zero-order chi connectivity index (χ0) is 13.1. The van der Waals surface area contributed by atoms with E-state index in [4.69, 9.17) is 10.3 Å². The quantitative estimate of drug-likeness (QED) is 0.577. The van der Waals surface area contributed by atoms with Crippen molar-refractivity contribution >= 4 is 17.5 Å². The number of nitrogen functional groups attached to an aromatic ring is 1. The summed E-state index contributed by atoms with van der Waals surface area (Å²) in [7, 11) is 0. The van der Waals surface area contributed by atoms with Gasteiger partial charge in [0.2, 0.25) is 17.7 Å². The fraction of sp³-hybridized carbons (Fsp3) is 0.250. The maximum Gasteiger partial charge on any atom is 0.329 e. The number of nitrogens with zero attached hydrogens (tertiary/aromatic N) is 5. The summed E-state index contributed by atoms with van der Waals surface area (Å²) in [5.41, 5.74) is 5.09. The molecule has 2 aromatic rings. The van der Waals surface area contributed by atoms with E-state index in [1.807, 2.05) is 0 Å². The summed E-state index contributed by atoms with van der Waals surface area (Å²) < 4.78 is 4.76. The van der Waals surface area contributed by atoms with Crippen LogP contribution in [-0.4, -0.2) is 25.0 Å². The van der Waals surface area contributed by atoms with Crippen LogP contribution in [0.5, 0.6) is 0 Å². The highest BCUT2D eigenvalue weighted by Crippen LogP contribution is 2.21. The van der Waals surface area contributed by atoms with E-state index in [0.717, 1.165) is 6.20 Å². The minimum absolute atomic E-state index is 0.00922. The average Bonchev–Trinajstić information content (AvgIpc) is 2.72. The highest BCUT2D eigenvalue weighted by Gasteiger charge is 2.16. The van der Waals surface area contributed by atoms with Crippen molar-refractivity contribution in [2.75, 3.05) is 11.1 Å². The fourth-order valence-electron chi connectivity index (χ4n) is 1.23. The van der Waals surface area contributed by atoms with E-state index < -0.39 is 4.92 Å². The molecule has 10 heteroatoms. The summed E-state index contributed by atoms with van der Waals surface area (Å²) in [6.45, 7) is 1.77. The van der Waals surface area contributed by atoms with Crippen LogP contribution in [0, 0.1) is 17.0 Å². The van der Waals surface area contributed by atoms with Crippen molar-refractivity contribution in [1.29, 1.82) is 0 Å². The molecule has 0 unspecified atom stereocenters. The molecule has 0 aliphatic heterocycles. The zero-order valence-corrected chi connectivity index (χ0v) is 9.32. The number of anilines is 2. The topological polar surface area (TPSA) is 146 Å². The summed E-state index contributed by atoms with van der Waals surface area (Å²) in [4.78, 5) is 21.4. The summed E-state index contributed by atoms with van der Waals surface area (Å²) in [6, 6.07) is 0. The van der Waals surface area contributed by atoms with Crippen molar-refractivity contribution in [3.63, 3.8) is 0 Å². The Morgan fingerprint density at radius 1 is 1.56 bits per heavy atom. The molecule has 10 nitrogen and oxygen atoms in total. The molecule has 3 N–H and O–H groups in total. The number of aromatic nitrogens is 4. The summed E-state index contributed by atoms with van der Waals surface area (Å²) in [6.07, 6.45) is 1.03. The monoisotopic (exact) mass is 251 g/mol. The minimum Gasteiger partial charge on any atom is -0.368 e. The lowest BCUT2D eigenvalue weighted by molar-refractivity contribution is -0.384. The predicted molar refractivity (Wildman–Crippen MR) is 59.5 cm³/mol. The smallest absolute Gasteiger partial charge is 0.329 e. The second kappa shape index (κ2) is 4.61. The van der Waals surface area contributed by atoms with Crippen molar-refractivity contribution in [3.8, 4) is 0 Å². The number of rotatable bonds is 4. The van der Waals surface area contributed by atoms with E-state index in [9.17, 15) is 10.1 Å². The van der Waals surface area contributed by atoms with Gasteiger partial charge in [-0.05, 0) is 0 Å². The molecule has 94 valence electrons. The van der Waals surface area contributed by atoms with Gasteiger partial charge in [-0.25, -0.2) is 4.98 Å². The largest absolute Gasteiger partial charge is 0.368 e. The Morgan fingerprint density at radius 3 is 2.94 bits per heavy atom. The Bertz CT molecular complexity index is 582. The Balaban J connectivity index is 2.17. The summed E-state index contributed by atoms with van der Waals surface area (Å²) >= 11 is 0. The molecule has 0 aliphatic carbocycles. The number of nitrogens with two attached hydrogens (primary N) is 1. The Morgan fingerprint density at radius 2 is 2.33 bits per heavy atom. The average molecular weight is 251 g/mol. The molecule has 0 aromatic carbocycles. The molecule has 0 aliphatic rings. The molecule has 2 aromatic heterocycles. The molecule has 0 fully saturated rings. The van der Waals surface area contributed by atoms with Crippen LogP contribution >= 0.6 is 0 Å². The van der Waals surface area contributed by atoms with Crippen LogP contribution in [0.2, 0.25) is 0 Å². The van der Waals surface area contributed by atoms with Gasteiger partial charge in [-0.3, -0.25) is 10.1 Å². The van der Waals surface area contributed by atoms with Crippen molar-refractivity contribution in [2.24, 2.45) is 0 Å². The van der Waals surface area contributed by atoms with Gasteiger partial charge in [-0.2, -0.15) is 9.97 Å². The van der Waals surface area contributed by atoms with Gasteiger partial charge in [0.15, 0.2) is 5.82 Å². The van der Waals surface area contributed by atoms with Gasteiger partial charge >= 0.3 is 5.69 Å². The first-order valence-corrected chi connectivity index (χ1v) is 4.86. The van der Waals surface area contributed by atoms with Crippen LogP contribution in [0.4, 0.5) is 17.5 Å². The molecule has 2 rings (SSSR count). The highest BCUT2D eigenvalue weighted by atomic mass is 16.6. The van der Waals surface area contributed by atoms with E-state index >= 15 is 0 Å². The van der Waals surface area contributed by atoms with Gasteiger partial charge in [0.05, 0.1) is 11.5 Å². The summed E-state index contributed by atoms with van der Waals surface area (Å²) in [5.74, 6) is 0.713. The van der Waals surface area contributed by atoms with Crippen molar-refractivity contribution in [3.05, 3.63) is 28.0 Å². The second-order valence-electron chi connectivity index (χ2n) is 3.30. The lowest BCUT2D eigenvalue weighted by Crippen LogP contribution is -2.08. The van der Waals surface area contributed by atoms with Crippen LogP contribution in [0.1, 0.15) is 11.7 Å². The normalized spacial score (nSPS) is 10.3. The van der Waals surface area contributed by atoms with Crippen LogP contribution in [0.15, 0.2) is 10.7 Å². The number of aryl methyl sites for hydroxylation is 1. The van der Waals surface area contributed by atoms with E-state index in [1.54, 1.807) is 6.92 Å². The number of hydrogen-bond donors (Lipinski definition) is 2. The maximum atomic E-state index is 10.7. The first-order valence-electron chi connectivity index (χ1n) is 4.86. The van der Waals surface area contributed by atoms with Gasteiger partial charge in [-0.1, -0.05) is 5.16 Å². The molecule has 0 atom stereocenters. The predicted octanol–water partition coefficient (Wildman–Crippen LogP) is 0.271. The van der Waals surface area contributed by atoms with E-state index in [1.165, 1.54) is 0 Å². The SMILES string of the molecule is Cc1nc(CNc2nc(N)ncc2[N+](=O)[O-])no1. The molecule has 0 spiro atoms. The molecule has 0 radical (unpaired) electrons. The van der Waals surface area contributed by atoms with Gasteiger partial charge in [0.25, 0.3) is 0 Å². The molecule has 0 saturated heterocycles. The minimum atomic E-state index is -0.608. The molecule has 18 heavy (non-hydrogen) atoms. The third-order valence-corrected chi connectivity index (χ3v) is 1.97. The molecule has 2 heterocycles. The van der Waals surface area contributed by atoms with Crippen molar-refractivity contribution in [1.82, 2.24) is 20.1 Å². The van der Waals surface area contributed by atoms with E-state index in [0.29, 0.717) is 11.7 Å². The third kappa shape index (κ3) is 2.48. The van der Waals surface area contributed by atoms with Crippen LogP contribution < -0.4 is 11.1 Å². The maximum absolute atomic E-state index is 10.7. The first kappa shape index (κ1) is 11.7. The fourth-order valence-corrected chi connectivity index (χ4v) is 1.23. The number of nitro groups is 1. The Kier molecular flexibility index (Phi) is 3.00. The summed E-state index contributed by atoms with van der Waals surface area (Å²) in [5, 5.41) is 17.1. The Hall–Kier alpha value is -2.78. The highest BCUT2D eigenvalue weighted by molar-refractivity contribution is 5.56. The Labute approximate surface area is 100 Å². The number of nitrogens with one attached hydrogen (secondary N) is 1. The molecular weight excluding hydrogens is 242 g/mol. The van der Waals surface area contributed by atoms with Gasteiger partial charge in [-0.15, -0.1) is 0 Å². The molecule has 0 amide bonds. The van der Waals surface area contributed by atoms with Crippen molar-refractivity contribution in [2.45, 2.75) is 13.5 Å². The first-order chi connectivity index (χ1) is 8.56. The zero-order valence-electron chi connectivity index (χ0n) is 9.32. The lowest BCUT2D eigenvalue weighted by atomic mass is 10.4. The van der Waals surface area contributed by atoms with Crippen molar-refractivity contribution < 1.29 is 9.45 Å². The van der Waals surface area contributed by atoms with Gasteiger partial charge < -0.3 is 15.6 Å². The van der Waals surface area contributed by atoms with Crippen LogP contribution in [0.3, 0.4) is 0 Å². The lowest BCUT2D eigenvalue weighted by Gasteiger charge is -2.03. The second-order valence-corrected chi connectivity index (χ2v) is 3.30. The third-order valence-electron chi connectivity index (χ3n) is 1.97. The van der Waals surface area contributed by atoms with Gasteiger partial charge in [0, 0.05) is 6.92 Å². The van der Waals surface area contributed by atoms with Crippen LogP contribution in [-0.2, 0) is 6.54 Å². The standard InChI is InChI=1S/C8H9N7O3/c1-4-12-6(14-18-4)3-10-7-5(15(16)17)2-11-8(9)13-7/h2H,3H2,1H3,(H3,9,10,11,13). The number of hydrogen-bond acceptors (Lipinski definition) is 9.